The van der Waals surface area contributed by atoms with Crippen molar-refractivity contribution in [1.82, 2.24) is 4.90 Å². The van der Waals surface area contributed by atoms with Crippen molar-refractivity contribution in [3.63, 3.8) is 0 Å². The summed E-state index contributed by atoms with van der Waals surface area (Å²) in [5.74, 6) is 0.787. The lowest BCUT2D eigenvalue weighted by Crippen LogP contribution is -2.56. The second kappa shape index (κ2) is 3.58. The molecule has 2 rings (SSSR count). The molecule has 0 aromatic rings. The molecule has 2 aliphatic rings. The summed E-state index contributed by atoms with van der Waals surface area (Å²) in [5.41, 5.74) is 0.285. The van der Waals surface area contributed by atoms with Crippen molar-refractivity contribution in [2.45, 2.75) is 38.7 Å². The van der Waals surface area contributed by atoms with Crippen LogP contribution in [0.25, 0.3) is 0 Å². The fourth-order valence-electron chi connectivity index (χ4n) is 2.58. The lowest BCUT2D eigenvalue weighted by Gasteiger charge is -2.48. The van der Waals surface area contributed by atoms with Crippen molar-refractivity contribution < 1.29 is 4.74 Å². The minimum atomic E-state index is 0.285. The molecule has 0 amide bonds. The van der Waals surface area contributed by atoms with Gasteiger partial charge >= 0.3 is 0 Å². The van der Waals surface area contributed by atoms with Crippen LogP contribution in [0.3, 0.4) is 0 Å². The van der Waals surface area contributed by atoms with Gasteiger partial charge in [-0.15, -0.1) is 0 Å². The van der Waals surface area contributed by atoms with Crippen LogP contribution in [0.4, 0.5) is 0 Å². The number of nitrogens with zero attached hydrogens (tertiary/aromatic N) is 1. The van der Waals surface area contributed by atoms with E-state index in [9.17, 15) is 0 Å². The first-order valence-corrected chi connectivity index (χ1v) is 5.57. The summed E-state index contributed by atoms with van der Waals surface area (Å²) >= 11 is 0. The van der Waals surface area contributed by atoms with Gasteiger partial charge in [0.05, 0.1) is 12.2 Å². The van der Waals surface area contributed by atoms with Gasteiger partial charge in [0.2, 0.25) is 0 Å². The van der Waals surface area contributed by atoms with Crippen molar-refractivity contribution in [1.29, 1.82) is 0 Å². The summed E-state index contributed by atoms with van der Waals surface area (Å²) in [5, 5.41) is 0. The molecule has 13 heavy (non-hydrogen) atoms. The molecule has 0 radical (unpaired) electrons. The Morgan fingerprint density at radius 3 is 2.69 bits per heavy atom. The first-order valence-electron chi connectivity index (χ1n) is 5.57. The predicted molar refractivity (Wildman–Crippen MR) is 53.8 cm³/mol. The molecule has 2 aliphatic heterocycles. The van der Waals surface area contributed by atoms with E-state index < -0.39 is 0 Å². The van der Waals surface area contributed by atoms with E-state index >= 15 is 0 Å². The highest BCUT2D eigenvalue weighted by molar-refractivity contribution is 4.93. The molecule has 76 valence electrons. The average Bonchev–Trinajstić information content (AvgIpc) is 2.01. The van der Waals surface area contributed by atoms with Crippen LogP contribution in [0.15, 0.2) is 0 Å². The van der Waals surface area contributed by atoms with E-state index in [4.69, 9.17) is 4.74 Å². The number of likely N-dealkylation sites (tertiary alicyclic amines) is 1. The Bertz CT molecular complexity index is 175. The first-order chi connectivity index (χ1) is 6.20. The molecule has 2 heteroatoms. The Morgan fingerprint density at radius 1 is 1.38 bits per heavy atom. The minimum absolute atomic E-state index is 0.285. The van der Waals surface area contributed by atoms with Gasteiger partial charge in [-0.05, 0) is 25.3 Å². The summed E-state index contributed by atoms with van der Waals surface area (Å²) in [6.45, 7) is 9.29. The van der Waals surface area contributed by atoms with Gasteiger partial charge in [-0.25, -0.2) is 0 Å². The van der Waals surface area contributed by atoms with E-state index in [2.05, 4.69) is 18.7 Å². The molecular weight excluding hydrogens is 162 g/mol. The third-order valence-corrected chi connectivity index (χ3v) is 3.21. The van der Waals surface area contributed by atoms with Gasteiger partial charge in [0.25, 0.3) is 0 Å². The Hall–Kier alpha value is -0.0800. The Morgan fingerprint density at radius 2 is 2.15 bits per heavy atom. The maximum absolute atomic E-state index is 5.73. The molecule has 2 saturated heterocycles. The van der Waals surface area contributed by atoms with E-state index in [-0.39, 0.29) is 5.60 Å². The molecule has 2 nitrogen and oxygen atoms in total. The molecule has 0 aliphatic carbocycles. The van der Waals surface area contributed by atoms with Crippen molar-refractivity contribution in [3.05, 3.63) is 0 Å². The highest BCUT2D eigenvalue weighted by Crippen LogP contribution is 2.35. The molecule has 2 fully saturated rings. The summed E-state index contributed by atoms with van der Waals surface area (Å²) in [6.07, 6.45) is 3.91. The standard InChI is InChI=1S/C11H21NO/c1-10(2)8-12-6-3-4-11(9-12)5-7-13-11/h10H,3-9H2,1-2H3. The van der Waals surface area contributed by atoms with E-state index in [1.54, 1.807) is 0 Å². The molecule has 1 atom stereocenters. The second-order valence-electron chi connectivity index (χ2n) is 5.01. The second-order valence-corrected chi connectivity index (χ2v) is 5.01. The molecule has 0 aromatic carbocycles. The molecule has 1 unspecified atom stereocenters. The third-order valence-electron chi connectivity index (χ3n) is 3.21. The minimum Gasteiger partial charge on any atom is -0.373 e. The van der Waals surface area contributed by atoms with E-state index in [0.717, 1.165) is 12.5 Å². The average molecular weight is 183 g/mol. The number of ether oxygens (including phenoxy) is 1. The maximum atomic E-state index is 5.73. The van der Waals surface area contributed by atoms with E-state index in [0.29, 0.717) is 0 Å². The molecule has 0 bridgehead atoms. The van der Waals surface area contributed by atoms with Gasteiger partial charge in [0.1, 0.15) is 0 Å². The molecule has 0 N–H and O–H groups in total. The largest absolute Gasteiger partial charge is 0.373 e. The Kier molecular flexibility index (Phi) is 2.61. The normalized spacial score (nSPS) is 35.3. The van der Waals surface area contributed by atoms with Crippen molar-refractivity contribution in [2.24, 2.45) is 5.92 Å². The van der Waals surface area contributed by atoms with Gasteiger partial charge in [0.15, 0.2) is 0 Å². The topological polar surface area (TPSA) is 12.5 Å². The molecular formula is C11H21NO. The zero-order valence-electron chi connectivity index (χ0n) is 8.88. The molecule has 2 heterocycles. The zero-order valence-corrected chi connectivity index (χ0v) is 8.88. The van der Waals surface area contributed by atoms with E-state index in [1.807, 2.05) is 0 Å². The van der Waals surface area contributed by atoms with Crippen LogP contribution in [-0.4, -0.2) is 36.7 Å². The van der Waals surface area contributed by atoms with Gasteiger partial charge in [-0.2, -0.15) is 0 Å². The Labute approximate surface area is 81.3 Å². The fraction of sp³-hybridized carbons (Fsp3) is 1.00. The first kappa shape index (κ1) is 9.47. The van der Waals surface area contributed by atoms with Crippen LogP contribution in [-0.2, 0) is 4.74 Å². The van der Waals surface area contributed by atoms with Crippen LogP contribution in [0.5, 0.6) is 0 Å². The summed E-state index contributed by atoms with van der Waals surface area (Å²) in [4.78, 5) is 2.58. The summed E-state index contributed by atoms with van der Waals surface area (Å²) in [7, 11) is 0. The van der Waals surface area contributed by atoms with Gasteiger partial charge in [-0.1, -0.05) is 13.8 Å². The smallest absolute Gasteiger partial charge is 0.0831 e. The summed E-state index contributed by atoms with van der Waals surface area (Å²) in [6, 6.07) is 0. The van der Waals surface area contributed by atoms with Crippen LogP contribution < -0.4 is 0 Å². The zero-order chi connectivity index (χ0) is 9.31. The lowest BCUT2D eigenvalue weighted by molar-refractivity contribution is -0.177. The SMILES string of the molecule is CC(C)CN1CCCC2(CCO2)C1. The van der Waals surface area contributed by atoms with Crippen LogP contribution in [0.2, 0.25) is 0 Å². The van der Waals surface area contributed by atoms with Crippen LogP contribution in [0, 0.1) is 5.92 Å². The number of piperidine rings is 1. The molecule has 1 spiro atoms. The lowest BCUT2D eigenvalue weighted by atomic mass is 9.85. The van der Waals surface area contributed by atoms with Crippen LogP contribution >= 0.6 is 0 Å². The third kappa shape index (κ3) is 2.05. The number of rotatable bonds is 2. The van der Waals surface area contributed by atoms with Crippen LogP contribution in [0.1, 0.15) is 33.1 Å². The molecule has 0 aromatic heterocycles. The highest BCUT2D eigenvalue weighted by Gasteiger charge is 2.41. The number of hydrogen-bond acceptors (Lipinski definition) is 2. The predicted octanol–water partition coefficient (Wildman–Crippen LogP) is 1.90. The summed E-state index contributed by atoms with van der Waals surface area (Å²) < 4.78 is 5.73. The van der Waals surface area contributed by atoms with Gasteiger partial charge in [-0.3, -0.25) is 0 Å². The number of hydrogen-bond donors (Lipinski definition) is 0. The van der Waals surface area contributed by atoms with Gasteiger partial charge < -0.3 is 9.64 Å². The van der Waals surface area contributed by atoms with E-state index in [1.165, 1.54) is 38.9 Å². The van der Waals surface area contributed by atoms with Gasteiger partial charge in [0, 0.05) is 19.5 Å². The van der Waals surface area contributed by atoms with Crippen molar-refractivity contribution in [3.8, 4) is 0 Å². The maximum Gasteiger partial charge on any atom is 0.0831 e. The van der Waals surface area contributed by atoms with Crippen molar-refractivity contribution >= 4 is 0 Å². The molecule has 0 saturated carbocycles. The fourth-order valence-corrected chi connectivity index (χ4v) is 2.58. The monoisotopic (exact) mass is 183 g/mol. The highest BCUT2D eigenvalue weighted by atomic mass is 16.5. The van der Waals surface area contributed by atoms with Crippen molar-refractivity contribution in [2.75, 3.05) is 26.2 Å². The quantitative estimate of drug-likeness (QED) is 0.648. The Balaban J connectivity index is 1.85.